The molecule has 1 aromatic carbocycles. The van der Waals surface area contributed by atoms with E-state index in [1.165, 1.54) is 16.4 Å². The van der Waals surface area contributed by atoms with Gasteiger partial charge in [-0.2, -0.15) is 0 Å². The molecule has 0 aliphatic rings. The second-order valence-corrected chi connectivity index (χ2v) is 8.27. The summed E-state index contributed by atoms with van der Waals surface area (Å²) in [5.74, 6) is 1.13. The first kappa shape index (κ1) is 18.5. The lowest BCUT2D eigenvalue weighted by Gasteiger charge is -2.18. The van der Waals surface area contributed by atoms with E-state index in [0.717, 1.165) is 11.1 Å². The largest absolute Gasteiger partial charge is 0.492 e. The number of benzene rings is 1. The van der Waals surface area contributed by atoms with Gasteiger partial charge in [-0.1, -0.05) is 27.7 Å². The van der Waals surface area contributed by atoms with Gasteiger partial charge in [0.1, 0.15) is 16.5 Å². The number of aryl methyl sites for hydroxylation is 1. The Hall–Kier alpha value is -1.82. The number of hydrogen-bond acceptors (Lipinski definition) is 4. The summed E-state index contributed by atoms with van der Waals surface area (Å²) in [4.78, 5) is 4.39. The first-order valence-corrected chi connectivity index (χ1v) is 9.70. The lowest BCUT2D eigenvalue weighted by molar-refractivity contribution is 0.330. The minimum atomic E-state index is -3.77. The molecule has 0 amide bonds. The number of imidazole rings is 1. The highest BCUT2D eigenvalue weighted by Crippen LogP contribution is 2.33. The Kier molecular flexibility index (Phi) is 5.38. The van der Waals surface area contributed by atoms with Gasteiger partial charge < -0.3 is 4.74 Å². The van der Waals surface area contributed by atoms with Crippen molar-refractivity contribution < 1.29 is 13.2 Å². The predicted molar refractivity (Wildman–Crippen MR) is 95.3 cm³/mol. The molecule has 1 heterocycles. The first-order valence-electron chi connectivity index (χ1n) is 8.26. The second-order valence-electron chi connectivity index (χ2n) is 6.48. The van der Waals surface area contributed by atoms with Gasteiger partial charge in [0.2, 0.25) is 0 Å². The summed E-state index contributed by atoms with van der Waals surface area (Å²) in [6, 6.07) is 3.56. The zero-order valence-electron chi connectivity index (χ0n) is 15.2. The third-order valence-corrected chi connectivity index (χ3v) is 5.64. The third-order valence-electron chi connectivity index (χ3n) is 3.94. The Morgan fingerprint density at radius 2 is 1.83 bits per heavy atom. The molecule has 0 N–H and O–H groups in total. The maximum atomic E-state index is 13.2. The van der Waals surface area contributed by atoms with Crippen molar-refractivity contribution in [2.45, 2.75) is 58.3 Å². The quantitative estimate of drug-likeness (QED) is 0.788. The van der Waals surface area contributed by atoms with Gasteiger partial charge in [0.15, 0.2) is 0 Å². The Morgan fingerprint density at radius 3 is 2.38 bits per heavy atom. The van der Waals surface area contributed by atoms with Gasteiger partial charge >= 0.3 is 0 Å². The fourth-order valence-electron chi connectivity index (χ4n) is 2.79. The van der Waals surface area contributed by atoms with Crippen LogP contribution in [-0.4, -0.2) is 24.0 Å². The van der Waals surface area contributed by atoms with Crippen molar-refractivity contribution in [2.24, 2.45) is 0 Å². The smallest absolute Gasteiger partial charge is 0.272 e. The van der Waals surface area contributed by atoms with Gasteiger partial charge in [-0.05, 0) is 43.0 Å². The van der Waals surface area contributed by atoms with Gasteiger partial charge in [-0.3, -0.25) is 0 Å². The van der Waals surface area contributed by atoms with Crippen molar-refractivity contribution in [1.82, 2.24) is 8.96 Å². The molecule has 1 aromatic heterocycles. The number of ether oxygens (including phenoxy) is 1. The maximum absolute atomic E-state index is 13.2. The van der Waals surface area contributed by atoms with Gasteiger partial charge in [-0.25, -0.2) is 17.4 Å². The normalized spacial score (nSPS) is 12.2. The predicted octanol–water partition coefficient (Wildman–Crippen LogP) is 4.07. The maximum Gasteiger partial charge on any atom is 0.272 e. The van der Waals surface area contributed by atoms with E-state index in [9.17, 15) is 8.42 Å². The van der Waals surface area contributed by atoms with Gasteiger partial charge in [-0.15, -0.1) is 0 Å². The lowest BCUT2D eigenvalue weighted by atomic mass is 9.98. The van der Waals surface area contributed by atoms with E-state index < -0.39 is 10.0 Å². The summed E-state index contributed by atoms with van der Waals surface area (Å²) >= 11 is 0. The second kappa shape index (κ2) is 6.97. The van der Waals surface area contributed by atoms with E-state index in [-0.39, 0.29) is 16.7 Å². The van der Waals surface area contributed by atoms with E-state index in [1.54, 1.807) is 6.07 Å². The van der Waals surface area contributed by atoms with Crippen molar-refractivity contribution in [3.05, 3.63) is 41.5 Å². The Morgan fingerprint density at radius 1 is 1.17 bits per heavy atom. The molecule has 5 nitrogen and oxygen atoms in total. The Bertz CT molecular complexity index is 821. The molecule has 0 bridgehead atoms. The van der Waals surface area contributed by atoms with Crippen LogP contribution in [0.25, 0.3) is 0 Å². The van der Waals surface area contributed by atoms with Gasteiger partial charge in [0.25, 0.3) is 10.0 Å². The van der Waals surface area contributed by atoms with Crippen LogP contribution in [0.1, 0.15) is 63.4 Å². The summed E-state index contributed by atoms with van der Waals surface area (Å²) in [5, 5.41) is 0. The molecule has 0 atom stereocenters. The van der Waals surface area contributed by atoms with Crippen LogP contribution in [0.15, 0.2) is 29.4 Å². The standard InChI is InChI=1S/C18H26N2O3S/c1-7-23-16-10-14(6)15(12(2)3)11-17(16)24(21,22)20-9-8-19-18(20)13(4)5/h8-13H,7H2,1-6H3. The zero-order chi connectivity index (χ0) is 18.1. The monoisotopic (exact) mass is 350 g/mol. The number of rotatable bonds is 6. The van der Waals surface area contributed by atoms with Crippen molar-refractivity contribution in [3.63, 3.8) is 0 Å². The topological polar surface area (TPSA) is 61.2 Å². The molecule has 0 fully saturated rings. The van der Waals surface area contributed by atoms with Crippen LogP contribution >= 0.6 is 0 Å². The summed E-state index contributed by atoms with van der Waals surface area (Å²) in [6.45, 7) is 12.2. The molecule has 2 aromatic rings. The lowest BCUT2D eigenvalue weighted by Crippen LogP contribution is -2.18. The van der Waals surface area contributed by atoms with Crippen LogP contribution in [0.5, 0.6) is 5.75 Å². The van der Waals surface area contributed by atoms with Crippen LogP contribution < -0.4 is 4.74 Å². The SMILES string of the molecule is CCOc1cc(C)c(C(C)C)cc1S(=O)(=O)n1ccnc1C(C)C. The van der Waals surface area contributed by atoms with E-state index in [0.29, 0.717) is 18.2 Å². The number of hydrogen-bond donors (Lipinski definition) is 0. The van der Waals surface area contributed by atoms with Crippen LogP contribution in [-0.2, 0) is 10.0 Å². The van der Waals surface area contributed by atoms with Gasteiger partial charge in [0.05, 0.1) is 6.61 Å². The molecule has 0 radical (unpaired) electrons. The molecule has 0 saturated carbocycles. The summed E-state index contributed by atoms with van der Waals surface area (Å²) in [5.41, 5.74) is 2.03. The molecular formula is C18H26N2O3S. The highest BCUT2D eigenvalue weighted by Gasteiger charge is 2.27. The van der Waals surface area contributed by atoms with E-state index in [4.69, 9.17) is 4.74 Å². The molecule has 2 rings (SSSR count). The minimum absolute atomic E-state index is 0.000311. The van der Waals surface area contributed by atoms with Crippen molar-refractivity contribution >= 4 is 10.0 Å². The fraction of sp³-hybridized carbons (Fsp3) is 0.500. The first-order chi connectivity index (χ1) is 11.2. The van der Waals surface area contributed by atoms with Crippen LogP contribution in [0.4, 0.5) is 0 Å². The Labute approximate surface area is 144 Å². The van der Waals surface area contributed by atoms with Crippen LogP contribution in [0.2, 0.25) is 0 Å². The van der Waals surface area contributed by atoms with Crippen LogP contribution in [0.3, 0.4) is 0 Å². The molecule has 6 heteroatoms. The highest BCUT2D eigenvalue weighted by molar-refractivity contribution is 7.90. The fourth-order valence-corrected chi connectivity index (χ4v) is 4.36. The molecule has 0 saturated heterocycles. The molecule has 24 heavy (non-hydrogen) atoms. The van der Waals surface area contributed by atoms with E-state index in [2.05, 4.69) is 18.8 Å². The van der Waals surface area contributed by atoms with E-state index in [1.807, 2.05) is 33.8 Å². The molecule has 132 valence electrons. The highest BCUT2D eigenvalue weighted by atomic mass is 32.2. The third kappa shape index (κ3) is 3.34. The average molecular weight is 350 g/mol. The average Bonchev–Trinajstić information content (AvgIpc) is 2.97. The molecule has 0 aliphatic heterocycles. The van der Waals surface area contributed by atoms with Gasteiger partial charge in [0, 0.05) is 18.3 Å². The molecule has 0 aliphatic carbocycles. The van der Waals surface area contributed by atoms with E-state index >= 15 is 0 Å². The summed E-state index contributed by atoms with van der Waals surface area (Å²) in [7, 11) is -3.77. The van der Waals surface area contributed by atoms with Crippen molar-refractivity contribution in [1.29, 1.82) is 0 Å². The number of nitrogens with zero attached hydrogens (tertiary/aromatic N) is 2. The van der Waals surface area contributed by atoms with Crippen molar-refractivity contribution in [2.75, 3.05) is 6.61 Å². The van der Waals surface area contributed by atoms with Crippen LogP contribution in [0, 0.1) is 6.92 Å². The molecular weight excluding hydrogens is 324 g/mol. The summed E-state index contributed by atoms with van der Waals surface area (Å²) < 4.78 is 33.4. The molecule has 0 unspecified atom stereocenters. The molecule has 0 spiro atoms. The minimum Gasteiger partial charge on any atom is -0.492 e. The summed E-state index contributed by atoms with van der Waals surface area (Å²) in [6.07, 6.45) is 3.01. The van der Waals surface area contributed by atoms with Crippen molar-refractivity contribution in [3.8, 4) is 5.75 Å². The zero-order valence-corrected chi connectivity index (χ0v) is 16.0. The Balaban J connectivity index is 2.72. The number of aromatic nitrogens is 2.